The highest BCUT2D eigenvalue weighted by atomic mass is 16.6. The van der Waals surface area contributed by atoms with Crippen molar-refractivity contribution in [1.29, 1.82) is 5.26 Å². The number of hydrogen-bond donors (Lipinski definition) is 0. The van der Waals surface area contributed by atoms with E-state index in [1.807, 2.05) is 31.2 Å². The Kier molecular flexibility index (Phi) is 5.36. The van der Waals surface area contributed by atoms with Gasteiger partial charge in [-0.15, -0.1) is 0 Å². The van der Waals surface area contributed by atoms with Crippen molar-refractivity contribution >= 4 is 23.4 Å². The van der Waals surface area contributed by atoms with E-state index in [4.69, 9.17) is 10.00 Å². The predicted octanol–water partition coefficient (Wildman–Crippen LogP) is 3.18. The van der Waals surface area contributed by atoms with Crippen LogP contribution in [0.15, 0.2) is 30.6 Å². The fourth-order valence-electron chi connectivity index (χ4n) is 3.39. The van der Waals surface area contributed by atoms with Crippen LogP contribution in [0.1, 0.15) is 27.7 Å². The summed E-state index contributed by atoms with van der Waals surface area (Å²) in [6.07, 6.45) is 2.76. The van der Waals surface area contributed by atoms with E-state index in [9.17, 15) is 9.59 Å². The summed E-state index contributed by atoms with van der Waals surface area (Å²) in [7, 11) is 0. The lowest BCUT2D eigenvalue weighted by molar-refractivity contribution is -0.117. The molecule has 0 aliphatic carbocycles. The Morgan fingerprint density at radius 2 is 2.07 bits per heavy atom. The lowest BCUT2D eigenvalue weighted by Crippen LogP contribution is -2.51. The minimum absolute atomic E-state index is 0.0831. The number of carbonyl (C=O) groups excluding carboxylic acids is 2. The highest BCUT2D eigenvalue weighted by Crippen LogP contribution is 2.39. The van der Waals surface area contributed by atoms with Crippen molar-refractivity contribution in [1.82, 2.24) is 9.78 Å². The molecule has 1 aliphatic rings. The molecule has 1 aromatic carbocycles. The molecule has 2 heterocycles. The van der Waals surface area contributed by atoms with Gasteiger partial charge in [0.05, 0.1) is 35.8 Å². The molecular weight excluding hydrogens is 358 g/mol. The van der Waals surface area contributed by atoms with Gasteiger partial charge in [0, 0.05) is 25.2 Å². The molecule has 1 aliphatic heterocycles. The van der Waals surface area contributed by atoms with Gasteiger partial charge in [-0.3, -0.25) is 14.4 Å². The zero-order valence-electron chi connectivity index (χ0n) is 16.4. The summed E-state index contributed by atoms with van der Waals surface area (Å²) in [5, 5.41) is 13.0. The first kappa shape index (κ1) is 19.4. The summed E-state index contributed by atoms with van der Waals surface area (Å²) in [5.41, 5.74) is 2.94. The van der Waals surface area contributed by atoms with Crippen LogP contribution in [0.3, 0.4) is 0 Å². The molecule has 0 unspecified atom stereocenters. The van der Waals surface area contributed by atoms with Crippen molar-refractivity contribution in [3.63, 3.8) is 0 Å². The van der Waals surface area contributed by atoms with Gasteiger partial charge < -0.3 is 9.64 Å². The van der Waals surface area contributed by atoms with Gasteiger partial charge in [-0.2, -0.15) is 10.4 Å². The number of carbonyl (C=O) groups is 2. The Labute approximate surface area is 163 Å². The van der Waals surface area contributed by atoms with Gasteiger partial charge in [-0.05, 0) is 38.5 Å². The van der Waals surface area contributed by atoms with Crippen molar-refractivity contribution in [3.05, 3.63) is 30.6 Å². The third kappa shape index (κ3) is 3.69. The molecule has 0 saturated carbocycles. The molecule has 8 heteroatoms. The summed E-state index contributed by atoms with van der Waals surface area (Å²) >= 11 is 0. The maximum absolute atomic E-state index is 12.7. The first-order valence-electron chi connectivity index (χ1n) is 9.13. The van der Waals surface area contributed by atoms with Crippen LogP contribution in [-0.2, 0) is 16.1 Å². The summed E-state index contributed by atoms with van der Waals surface area (Å²) in [4.78, 5) is 28.1. The molecule has 0 N–H and O–H groups in total. The van der Waals surface area contributed by atoms with Crippen molar-refractivity contribution in [2.24, 2.45) is 0 Å². The zero-order valence-corrected chi connectivity index (χ0v) is 16.4. The van der Waals surface area contributed by atoms with E-state index >= 15 is 0 Å². The van der Waals surface area contributed by atoms with Crippen LogP contribution in [0, 0.1) is 11.3 Å². The fourth-order valence-corrected chi connectivity index (χ4v) is 3.39. The van der Waals surface area contributed by atoms with Crippen LogP contribution in [0.2, 0.25) is 0 Å². The molecule has 1 aromatic heterocycles. The molecule has 0 bridgehead atoms. The summed E-state index contributed by atoms with van der Waals surface area (Å²) in [5.74, 6) is -0.0831. The van der Waals surface area contributed by atoms with E-state index in [1.165, 1.54) is 6.92 Å². The van der Waals surface area contributed by atoms with Crippen LogP contribution in [0.4, 0.5) is 16.2 Å². The Morgan fingerprint density at radius 3 is 2.71 bits per heavy atom. The molecule has 0 spiro atoms. The second-order valence-corrected chi connectivity index (χ2v) is 7.07. The van der Waals surface area contributed by atoms with Gasteiger partial charge in [0.2, 0.25) is 5.91 Å². The highest BCUT2D eigenvalue weighted by molar-refractivity contribution is 6.03. The van der Waals surface area contributed by atoms with E-state index in [2.05, 4.69) is 5.10 Å². The van der Waals surface area contributed by atoms with Crippen LogP contribution in [0.5, 0.6) is 0 Å². The van der Waals surface area contributed by atoms with Crippen LogP contribution >= 0.6 is 0 Å². The van der Waals surface area contributed by atoms with E-state index in [0.717, 1.165) is 11.1 Å². The third-order valence-electron chi connectivity index (χ3n) is 4.51. The molecule has 3 rings (SSSR count). The van der Waals surface area contributed by atoms with E-state index in [1.54, 1.807) is 40.7 Å². The Hall–Kier alpha value is -3.34. The Morgan fingerprint density at radius 1 is 1.32 bits per heavy atom. The zero-order chi connectivity index (χ0) is 20.4. The summed E-state index contributed by atoms with van der Waals surface area (Å²) < 4.78 is 6.95. The quantitative estimate of drug-likeness (QED) is 0.814. The molecule has 28 heavy (non-hydrogen) atoms. The topological polar surface area (TPSA) is 91.5 Å². The van der Waals surface area contributed by atoms with Crippen molar-refractivity contribution in [3.8, 4) is 17.2 Å². The van der Waals surface area contributed by atoms with Crippen LogP contribution in [-0.4, -0.2) is 40.5 Å². The van der Waals surface area contributed by atoms with Crippen molar-refractivity contribution in [2.45, 2.75) is 46.4 Å². The van der Waals surface area contributed by atoms with E-state index < -0.39 is 6.09 Å². The summed E-state index contributed by atoms with van der Waals surface area (Å²) in [6, 6.07) is 7.44. The van der Waals surface area contributed by atoms with Crippen LogP contribution in [0.25, 0.3) is 11.1 Å². The number of anilines is 2. The second-order valence-electron chi connectivity index (χ2n) is 7.07. The first-order valence-corrected chi connectivity index (χ1v) is 9.13. The molecular formula is C20H23N5O3. The monoisotopic (exact) mass is 381 g/mol. The number of hydrogen-bond acceptors (Lipinski definition) is 5. The number of rotatable bonds is 3. The lowest BCUT2D eigenvalue weighted by Gasteiger charge is -2.40. The van der Waals surface area contributed by atoms with Crippen molar-refractivity contribution < 1.29 is 14.3 Å². The molecule has 146 valence electrons. The maximum atomic E-state index is 12.7. The molecule has 2 amide bonds. The fraction of sp³-hybridized carbons (Fsp3) is 0.400. The van der Waals surface area contributed by atoms with Gasteiger partial charge in [0.25, 0.3) is 0 Å². The number of nitriles is 1. The van der Waals surface area contributed by atoms with Gasteiger partial charge in [-0.25, -0.2) is 4.79 Å². The predicted molar refractivity (Wildman–Crippen MR) is 105 cm³/mol. The van der Waals surface area contributed by atoms with E-state index in [0.29, 0.717) is 17.9 Å². The average molecular weight is 381 g/mol. The normalized spacial score (nSPS) is 15.9. The van der Waals surface area contributed by atoms with Gasteiger partial charge in [0.1, 0.15) is 6.54 Å². The molecule has 0 fully saturated rings. The Balaban J connectivity index is 2.06. The first-order chi connectivity index (χ1) is 13.3. The average Bonchev–Trinajstić information content (AvgIpc) is 3.08. The molecule has 1 atom stereocenters. The number of amides is 2. The molecule has 8 nitrogen and oxygen atoms in total. The summed E-state index contributed by atoms with van der Waals surface area (Å²) in [6.45, 7) is 7.52. The Bertz CT molecular complexity index is 944. The number of fused-ring (bicyclic) bond motifs is 1. The maximum Gasteiger partial charge on any atom is 0.414 e. The minimum atomic E-state index is -0.441. The minimum Gasteiger partial charge on any atom is -0.446 e. The number of ether oxygens (including phenoxy) is 1. The molecule has 0 saturated heterocycles. The lowest BCUT2D eigenvalue weighted by atomic mass is 10.0. The van der Waals surface area contributed by atoms with Gasteiger partial charge >= 0.3 is 6.09 Å². The van der Waals surface area contributed by atoms with Gasteiger partial charge in [-0.1, -0.05) is 6.07 Å². The highest BCUT2D eigenvalue weighted by Gasteiger charge is 2.34. The third-order valence-corrected chi connectivity index (χ3v) is 4.51. The number of aromatic nitrogens is 2. The van der Waals surface area contributed by atoms with Crippen molar-refractivity contribution in [2.75, 3.05) is 16.3 Å². The SMILES string of the molecule is CC(=O)N1c2ccc(-c3cnn(CC#N)c3)cc2N(C(=O)OC(C)C)C[C@@H]1C. The molecule has 0 radical (unpaired) electrons. The van der Waals surface area contributed by atoms with E-state index in [-0.39, 0.29) is 24.6 Å². The smallest absolute Gasteiger partial charge is 0.414 e. The number of benzene rings is 1. The second kappa shape index (κ2) is 7.72. The largest absolute Gasteiger partial charge is 0.446 e. The number of nitrogens with zero attached hydrogens (tertiary/aromatic N) is 5. The van der Waals surface area contributed by atoms with Gasteiger partial charge in [0.15, 0.2) is 0 Å². The van der Waals surface area contributed by atoms with Crippen LogP contribution < -0.4 is 9.80 Å². The standard InChI is InChI=1S/C20H23N5O3/c1-13(2)28-20(27)24-11-14(3)25(15(4)26)18-6-5-16(9-19(18)24)17-10-22-23(12-17)8-7-21/h5-6,9-10,12-14H,8,11H2,1-4H3/t14-/m0/s1. The molecule has 2 aromatic rings.